The number of benzene rings is 1. The molecule has 0 radical (unpaired) electrons. The molecule has 2 unspecified atom stereocenters. The molecule has 1 spiro atoms. The van der Waals surface area contributed by atoms with Crippen molar-refractivity contribution in [1.29, 1.82) is 0 Å². The summed E-state index contributed by atoms with van der Waals surface area (Å²) in [7, 11) is 2.86. The molecule has 1 aliphatic heterocycles. The van der Waals surface area contributed by atoms with Gasteiger partial charge < -0.3 is 19.9 Å². The summed E-state index contributed by atoms with van der Waals surface area (Å²) in [4.78, 5) is 25.6. The molecular weight excluding hydrogens is 322 g/mol. The van der Waals surface area contributed by atoms with Crippen LogP contribution in [-0.4, -0.2) is 31.4 Å². The first-order chi connectivity index (χ1) is 10.9. The minimum atomic E-state index is -1.64. The highest BCUT2D eigenvalue weighted by atomic mass is 35.5. The van der Waals surface area contributed by atoms with Gasteiger partial charge in [0.2, 0.25) is 17.2 Å². The quantitative estimate of drug-likeness (QED) is 0.832. The van der Waals surface area contributed by atoms with Crippen LogP contribution < -0.4 is 19.9 Å². The second kappa shape index (κ2) is 5.16. The molecule has 122 valence electrons. The van der Waals surface area contributed by atoms with Crippen molar-refractivity contribution in [2.45, 2.75) is 18.9 Å². The molecule has 1 aromatic rings. The zero-order valence-electron chi connectivity index (χ0n) is 12.9. The Morgan fingerprint density at radius 2 is 1.96 bits per heavy atom. The summed E-state index contributed by atoms with van der Waals surface area (Å²) >= 11 is 6.27. The molecular formula is C16H16ClNO5. The van der Waals surface area contributed by atoms with Crippen molar-refractivity contribution in [3.8, 4) is 17.2 Å². The van der Waals surface area contributed by atoms with Crippen LogP contribution in [-0.2, 0) is 4.79 Å². The van der Waals surface area contributed by atoms with Crippen LogP contribution in [0.2, 0.25) is 5.02 Å². The Morgan fingerprint density at radius 3 is 2.52 bits per heavy atom. The van der Waals surface area contributed by atoms with Gasteiger partial charge in [0.15, 0.2) is 5.75 Å². The second-order valence-electron chi connectivity index (χ2n) is 5.65. The minimum Gasteiger partial charge on any atom is -0.496 e. The Balaban J connectivity index is 2.23. The van der Waals surface area contributed by atoms with Crippen LogP contribution in [0.3, 0.4) is 0 Å². The fourth-order valence-corrected chi connectivity index (χ4v) is 3.43. The van der Waals surface area contributed by atoms with Crippen LogP contribution in [0.25, 0.3) is 0 Å². The van der Waals surface area contributed by atoms with Gasteiger partial charge in [0.1, 0.15) is 22.1 Å². The van der Waals surface area contributed by atoms with Gasteiger partial charge in [-0.2, -0.15) is 0 Å². The van der Waals surface area contributed by atoms with Crippen molar-refractivity contribution in [2.24, 2.45) is 11.7 Å². The number of fused-ring (bicyclic) bond motifs is 1. The molecule has 0 saturated heterocycles. The van der Waals surface area contributed by atoms with Gasteiger partial charge >= 0.3 is 0 Å². The van der Waals surface area contributed by atoms with Gasteiger partial charge in [-0.15, -0.1) is 0 Å². The van der Waals surface area contributed by atoms with E-state index in [2.05, 4.69) is 0 Å². The number of hydrogen-bond donors (Lipinski definition) is 1. The fourth-order valence-electron chi connectivity index (χ4n) is 3.16. The van der Waals surface area contributed by atoms with Crippen LogP contribution in [0, 0.1) is 5.92 Å². The smallest absolute Gasteiger partial charge is 0.236 e. The zero-order valence-corrected chi connectivity index (χ0v) is 13.7. The molecule has 2 N–H and O–H groups in total. The lowest BCUT2D eigenvalue weighted by atomic mass is 9.74. The molecule has 6 nitrogen and oxygen atoms in total. The van der Waals surface area contributed by atoms with E-state index in [9.17, 15) is 9.59 Å². The van der Waals surface area contributed by atoms with E-state index in [1.165, 1.54) is 26.4 Å². The van der Waals surface area contributed by atoms with Crippen molar-refractivity contribution < 1.29 is 23.8 Å². The van der Waals surface area contributed by atoms with E-state index < -0.39 is 23.1 Å². The Morgan fingerprint density at radius 1 is 1.30 bits per heavy atom. The molecule has 7 heteroatoms. The first-order valence-corrected chi connectivity index (χ1v) is 7.43. The lowest BCUT2D eigenvalue weighted by Gasteiger charge is -2.34. The molecule has 0 amide bonds. The number of ether oxygens (including phenoxy) is 3. The largest absolute Gasteiger partial charge is 0.496 e. The normalized spacial score (nSPS) is 25.9. The molecule has 1 heterocycles. The molecule has 0 fully saturated rings. The Hall–Kier alpha value is -2.21. The van der Waals surface area contributed by atoms with Crippen LogP contribution in [0.4, 0.5) is 0 Å². The van der Waals surface area contributed by atoms with E-state index >= 15 is 0 Å². The van der Waals surface area contributed by atoms with Gasteiger partial charge in [0, 0.05) is 23.8 Å². The van der Waals surface area contributed by atoms with Gasteiger partial charge in [0.05, 0.1) is 14.2 Å². The summed E-state index contributed by atoms with van der Waals surface area (Å²) in [6, 6.07) is 1.50. The lowest BCUT2D eigenvalue weighted by Crippen LogP contribution is -2.55. The van der Waals surface area contributed by atoms with Crippen molar-refractivity contribution in [2.75, 3.05) is 14.2 Å². The second-order valence-corrected chi connectivity index (χ2v) is 6.03. The first kappa shape index (κ1) is 15.7. The van der Waals surface area contributed by atoms with E-state index in [0.717, 1.165) is 0 Å². The Bertz CT molecular complexity index is 757. The monoisotopic (exact) mass is 337 g/mol. The topological polar surface area (TPSA) is 87.8 Å². The molecule has 2 aliphatic rings. The summed E-state index contributed by atoms with van der Waals surface area (Å²) in [6.45, 7) is 1.75. The van der Waals surface area contributed by atoms with Gasteiger partial charge in [-0.25, -0.2) is 0 Å². The summed E-state index contributed by atoms with van der Waals surface area (Å²) < 4.78 is 16.3. The number of rotatable bonds is 2. The lowest BCUT2D eigenvalue weighted by molar-refractivity contribution is -0.129. The van der Waals surface area contributed by atoms with Crippen molar-refractivity contribution in [3.63, 3.8) is 0 Å². The fraction of sp³-hybridized carbons (Fsp3) is 0.375. The molecule has 2 atom stereocenters. The van der Waals surface area contributed by atoms with Crippen molar-refractivity contribution in [1.82, 2.24) is 0 Å². The van der Waals surface area contributed by atoms with Crippen LogP contribution in [0.15, 0.2) is 17.8 Å². The van der Waals surface area contributed by atoms with Gasteiger partial charge in [0.25, 0.3) is 0 Å². The van der Waals surface area contributed by atoms with E-state index in [-0.39, 0.29) is 22.1 Å². The Kier molecular flexibility index (Phi) is 3.52. The average Bonchev–Trinajstić information content (AvgIpc) is 2.82. The highest BCUT2D eigenvalue weighted by molar-refractivity contribution is 6.36. The van der Waals surface area contributed by atoms with E-state index in [4.69, 9.17) is 31.5 Å². The number of hydrogen-bond acceptors (Lipinski definition) is 6. The molecule has 0 saturated carbocycles. The van der Waals surface area contributed by atoms with Gasteiger partial charge in [-0.1, -0.05) is 18.5 Å². The number of allylic oxidation sites excluding steroid dienone is 1. The number of halogens is 1. The average molecular weight is 338 g/mol. The number of Topliss-reactive ketones (excluding diaryl/α,β-unsaturated/α-hetero) is 1. The minimum absolute atomic E-state index is 0.113. The maximum Gasteiger partial charge on any atom is 0.236 e. The van der Waals surface area contributed by atoms with Crippen LogP contribution in [0.5, 0.6) is 17.2 Å². The maximum absolute atomic E-state index is 13.0. The molecule has 0 bridgehead atoms. The third kappa shape index (κ3) is 1.94. The number of carbonyl (C=O) groups is 2. The molecule has 23 heavy (non-hydrogen) atoms. The molecule has 0 aromatic heterocycles. The molecule has 1 aromatic carbocycles. The van der Waals surface area contributed by atoms with Crippen molar-refractivity contribution >= 4 is 23.2 Å². The van der Waals surface area contributed by atoms with E-state index in [1.54, 1.807) is 6.92 Å². The predicted molar refractivity (Wildman–Crippen MR) is 83.3 cm³/mol. The highest BCUT2D eigenvalue weighted by Crippen LogP contribution is 2.52. The molecule has 1 aliphatic carbocycles. The maximum atomic E-state index is 13.0. The van der Waals surface area contributed by atoms with Crippen LogP contribution in [0.1, 0.15) is 23.7 Å². The van der Waals surface area contributed by atoms with E-state index in [0.29, 0.717) is 17.9 Å². The number of ketones is 2. The standard InChI is InChI=1S/C16H16ClNO5/c1-7-4-8(18)5-11(19)16(7)15(20)12-9(21-2)6-10(22-3)13(17)14(12)23-16/h5-7H,4,18H2,1-3H3. The third-order valence-electron chi connectivity index (χ3n) is 4.34. The summed E-state index contributed by atoms with van der Waals surface area (Å²) in [5, 5.41) is 0.135. The summed E-state index contributed by atoms with van der Waals surface area (Å²) in [5.74, 6) is -0.695. The third-order valence-corrected chi connectivity index (χ3v) is 4.69. The number of nitrogens with two attached hydrogens (primary N) is 1. The zero-order chi connectivity index (χ0) is 16.9. The van der Waals surface area contributed by atoms with Crippen molar-refractivity contribution in [3.05, 3.63) is 28.4 Å². The van der Waals surface area contributed by atoms with E-state index in [1.807, 2.05) is 0 Å². The first-order valence-electron chi connectivity index (χ1n) is 7.05. The van der Waals surface area contributed by atoms with Crippen LogP contribution >= 0.6 is 11.6 Å². The predicted octanol–water partition coefficient (Wildman–Crippen LogP) is 2.12. The van der Waals surface area contributed by atoms with Gasteiger partial charge in [-0.3, -0.25) is 9.59 Å². The Labute approximate surface area is 138 Å². The summed E-state index contributed by atoms with van der Waals surface area (Å²) in [5.41, 5.74) is 4.69. The number of carbonyl (C=O) groups excluding carboxylic acids is 2. The number of methoxy groups -OCH3 is 2. The highest BCUT2D eigenvalue weighted by Gasteiger charge is 2.60. The van der Waals surface area contributed by atoms with Gasteiger partial charge in [-0.05, 0) is 6.42 Å². The summed E-state index contributed by atoms with van der Waals surface area (Å²) in [6.07, 6.45) is 1.63. The molecule has 3 rings (SSSR count). The SMILES string of the molecule is COc1cc(OC)c2c(c1Cl)OC1(C(=O)C=C(N)CC1C)C2=O.